The molecule has 2 fully saturated rings. The number of hydrogen-bond donors (Lipinski definition) is 4. The van der Waals surface area contributed by atoms with Crippen molar-refractivity contribution in [1.29, 1.82) is 0 Å². The molecule has 2 aromatic rings. The number of nitrogens with zero attached hydrogens (tertiary/aromatic N) is 5. The SMILES string of the molecule is CC(=O)O.Cc1cc2c(cc1CC1(C)CN(C(=O)OC(C)(C)C)C1)N1C(=NNC(=O)C1C)CO2.Cc1cc2c(cc1CC1(C)CNC1)N1C(=NNC(=O)C1C)CO2. The number of nitrogens with one attached hydrogen (secondary N) is 3. The number of fused-ring (bicyclic) bond motifs is 6. The summed E-state index contributed by atoms with van der Waals surface area (Å²) in [6, 6.07) is 7.79. The van der Waals surface area contributed by atoms with Crippen molar-refractivity contribution in [1.82, 2.24) is 21.1 Å². The van der Waals surface area contributed by atoms with Crippen LogP contribution < -0.4 is 35.4 Å². The number of ether oxygens (including phenoxy) is 3. The van der Waals surface area contributed by atoms with Crippen LogP contribution in [0.2, 0.25) is 0 Å². The van der Waals surface area contributed by atoms with Crippen LogP contribution in [0.1, 0.15) is 77.6 Å². The molecule has 6 aliphatic rings. The highest BCUT2D eigenvalue weighted by atomic mass is 16.6. The van der Waals surface area contributed by atoms with Crippen molar-refractivity contribution in [2.75, 3.05) is 49.2 Å². The molecule has 16 nitrogen and oxygen atoms in total. The molecule has 0 aliphatic carbocycles. The van der Waals surface area contributed by atoms with Crippen LogP contribution in [0.3, 0.4) is 0 Å². The Morgan fingerprint density at radius 1 is 0.825 bits per heavy atom. The molecule has 2 saturated heterocycles. The summed E-state index contributed by atoms with van der Waals surface area (Å²) in [5, 5.41) is 19.1. The largest absolute Gasteiger partial charge is 0.483 e. The first-order chi connectivity index (χ1) is 26.7. The Hall–Kier alpha value is -5.38. The van der Waals surface area contributed by atoms with Crippen molar-refractivity contribution < 1.29 is 38.5 Å². The van der Waals surface area contributed by atoms with Gasteiger partial charge in [-0.1, -0.05) is 13.8 Å². The zero-order valence-corrected chi connectivity index (χ0v) is 34.7. The minimum absolute atomic E-state index is 0.0206. The molecule has 0 spiro atoms. The average Bonchev–Trinajstić information content (AvgIpc) is 3.09. The van der Waals surface area contributed by atoms with Crippen molar-refractivity contribution in [2.45, 2.75) is 99.8 Å². The van der Waals surface area contributed by atoms with Crippen molar-refractivity contribution >= 4 is 46.9 Å². The third kappa shape index (κ3) is 8.95. The number of aliphatic carboxylic acids is 1. The standard InChI is InChI=1S/C22H30N4O4.C17H22N4O2.C2H4O2/c1-13-7-17-16(26-14(2)19(27)24-23-18(26)10-29-17)8-15(13)9-22(6)11-25(12-22)20(28)30-21(3,4)5;1-10-4-14-13(5-12(10)6-17(3)8-18-9-17)21-11(2)16(22)20-19-15(21)7-23-14;1-2(3)4/h7-8,14H,9-12H2,1-6H3,(H,24,27);4-5,11,18H,6-9H2,1-3H3,(H,20,22);1H3,(H,3,4). The van der Waals surface area contributed by atoms with Gasteiger partial charge in [0.05, 0.1) is 11.4 Å². The van der Waals surface area contributed by atoms with Gasteiger partial charge in [-0.3, -0.25) is 14.4 Å². The van der Waals surface area contributed by atoms with Crippen LogP contribution in [0.15, 0.2) is 34.5 Å². The third-order valence-corrected chi connectivity index (χ3v) is 10.9. The van der Waals surface area contributed by atoms with Gasteiger partial charge in [-0.05, 0) is 113 Å². The van der Waals surface area contributed by atoms with E-state index >= 15 is 0 Å². The van der Waals surface area contributed by atoms with Gasteiger partial charge in [0.15, 0.2) is 11.7 Å². The normalized spacial score (nSPS) is 22.0. The Bertz CT molecular complexity index is 2010. The van der Waals surface area contributed by atoms with Gasteiger partial charge in [-0.15, -0.1) is 0 Å². The summed E-state index contributed by atoms with van der Waals surface area (Å²) in [7, 11) is 0. The maximum atomic E-state index is 12.3. The fraction of sp³-hybridized carbons (Fsp3) is 0.561. The zero-order chi connectivity index (χ0) is 41.6. The summed E-state index contributed by atoms with van der Waals surface area (Å²) in [5.74, 6) is 2.02. The van der Waals surface area contributed by atoms with E-state index in [0.717, 1.165) is 67.1 Å². The Morgan fingerprint density at radius 3 is 1.63 bits per heavy atom. The summed E-state index contributed by atoms with van der Waals surface area (Å²) in [6.45, 7) is 23.3. The number of hydrazone groups is 2. The number of amides is 3. The Balaban J connectivity index is 0.000000181. The first kappa shape index (κ1) is 41.3. The minimum Gasteiger partial charge on any atom is -0.483 e. The topological polar surface area (TPSA) is 187 Å². The van der Waals surface area contributed by atoms with Gasteiger partial charge in [0.1, 0.15) is 42.4 Å². The number of carbonyl (C=O) groups is 4. The van der Waals surface area contributed by atoms with Gasteiger partial charge in [0.2, 0.25) is 0 Å². The highest BCUT2D eigenvalue weighted by Crippen LogP contribution is 2.42. The monoisotopic (exact) mass is 788 g/mol. The Kier molecular flexibility index (Phi) is 11.2. The summed E-state index contributed by atoms with van der Waals surface area (Å²) >= 11 is 0. The summed E-state index contributed by atoms with van der Waals surface area (Å²) in [4.78, 5) is 51.1. The molecule has 16 heteroatoms. The fourth-order valence-corrected chi connectivity index (χ4v) is 7.85. The van der Waals surface area contributed by atoms with E-state index < -0.39 is 11.6 Å². The number of aryl methyl sites for hydroxylation is 2. The number of carbonyl (C=O) groups excluding carboxylic acids is 3. The van der Waals surface area contributed by atoms with Gasteiger partial charge < -0.3 is 39.3 Å². The van der Waals surface area contributed by atoms with Crippen molar-refractivity contribution in [3.63, 3.8) is 0 Å². The predicted molar refractivity (Wildman–Crippen MR) is 216 cm³/mol. The predicted octanol–water partition coefficient (Wildman–Crippen LogP) is 4.09. The molecule has 0 aromatic heterocycles. The molecule has 2 unspecified atom stereocenters. The molecule has 3 amide bonds. The molecule has 6 aliphatic heterocycles. The number of carboxylic acids is 1. The highest BCUT2D eigenvalue weighted by molar-refractivity contribution is 6.10. The minimum atomic E-state index is -0.833. The molecule has 0 bridgehead atoms. The van der Waals surface area contributed by atoms with Crippen molar-refractivity contribution in [3.05, 3.63) is 46.5 Å². The maximum Gasteiger partial charge on any atom is 0.410 e. The van der Waals surface area contributed by atoms with E-state index in [1.807, 2.05) is 50.5 Å². The molecule has 57 heavy (non-hydrogen) atoms. The smallest absolute Gasteiger partial charge is 0.410 e. The van der Waals surface area contributed by atoms with Crippen LogP contribution in [0, 0.1) is 24.7 Å². The lowest BCUT2D eigenvalue weighted by molar-refractivity contribution is -0.134. The number of benzene rings is 2. The molecule has 308 valence electrons. The number of hydrogen-bond acceptors (Lipinski definition) is 12. The Morgan fingerprint density at radius 2 is 1.25 bits per heavy atom. The van der Waals surface area contributed by atoms with E-state index in [9.17, 15) is 14.4 Å². The zero-order valence-electron chi connectivity index (χ0n) is 34.7. The molecule has 6 heterocycles. The lowest BCUT2D eigenvalue weighted by atomic mass is 9.76. The van der Waals surface area contributed by atoms with E-state index in [4.69, 9.17) is 24.1 Å². The van der Waals surface area contributed by atoms with E-state index in [-0.39, 0.29) is 35.4 Å². The molecular formula is C41H56N8O8. The maximum absolute atomic E-state index is 12.3. The van der Waals surface area contributed by atoms with E-state index in [1.165, 1.54) is 16.7 Å². The molecule has 0 radical (unpaired) electrons. The lowest BCUT2D eigenvalue weighted by Crippen LogP contribution is -2.58. The molecule has 2 aromatic carbocycles. The van der Waals surface area contributed by atoms with E-state index in [2.05, 4.69) is 72.3 Å². The second kappa shape index (κ2) is 15.5. The fourth-order valence-electron chi connectivity index (χ4n) is 7.85. The van der Waals surface area contributed by atoms with Crippen molar-refractivity contribution in [3.8, 4) is 11.5 Å². The summed E-state index contributed by atoms with van der Waals surface area (Å²) < 4.78 is 17.2. The molecule has 4 N–H and O–H groups in total. The average molecular weight is 789 g/mol. The van der Waals surface area contributed by atoms with Gasteiger partial charge in [-0.25, -0.2) is 15.6 Å². The lowest BCUT2D eigenvalue weighted by Gasteiger charge is -2.48. The van der Waals surface area contributed by atoms with Crippen LogP contribution in [0.4, 0.5) is 16.2 Å². The molecule has 2 atom stereocenters. The number of amidine groups is 2. The highest BCUT2D eigenvalue weighted by Gasteiger charge is 2.44. The second-order valence-corrected chi connectivity index (χ2v) is 17.6. The first-order valence-electron chi connectivity index (χ1n) is 19.4. The first-order valence-corrected chi connectivity index (χ1v) is 19.4. The van der Waals surface area contributed by atoms with Crippen LogP contribution in [-0.2, 0) is 32.0 Å². The Labute approximate surface area is 333 Å². The van der Waals surface area contributed by atoms with Crippen LogP contribution in [0.25, 0.3) is 0 Å². The number of anilines is 2. The number of carboxylic acid groups (broad SMARTS) is 1. The van der Waals surface area contributed by atoms with E-state index in [0.29, 0.717) is 37.6 Å². The number of likely N-dealkylation sites (tertiary alicyclic amines) is 1. The summed E-state index contributed by atoms with van der Waals surface area (Å²) in [5.41, 5.74) is 11.6. The van der Waals surface area contributed by atoms with Crippen LogP contribution >= 0.6 is 0 Å². The van der Waals surface area contributed by atoms with Gasteiger partial charge >= 0.3 is 6.09 Å². The summed E-state index contributed by atoms with van der Waals surface area (Å²) in [6.07, 6.45) is 1.59. The van der Waals surface area contributed by atoms with Crippen molar-refractivity contribution in [2.24, 2.45) is 21.0 Å². The molecule has 0 saturated carbocycles. The van der Waals surface area contributed by atoms with Gasteiger partial charge in [0, 0.05) is 38.5 Å². The van der Waals surface area contributed by atoms with Crippen LogP contribution in [-0.4, -0.2) is 103 Å². The van der Waals surface area contributed by atoms with E-state index in [1.54, 1.807) is 4.90 Å². The second-order valence-electron chi connectivity index (χ2n) is 17.6. The quantitative estimate of drug-likeness (QED) is 0.350. The van der Waals surface area contributed by atoms with Crippen LogP contribution in [0.5, 0.6) is 11.5 Å². The van der Waals surface area contributed by atoms with Gasteiger partial charge in [-0.2, -0.15) is 10.2 Å². The molecular weight excluding hydrogens is 732 g/mol. The number of rotatable bonds is 4. The molecule has 8 rings (SSSR count). The van der Waals surface area contributed by atoms with Gasteiger partial charge in [0.25, 0.3) is 17.8 Å². The third-order valence-electron chi connectivity index (χ3n) is 10.9.